The van der Waals surface area contributed by atoms with Crippen molar-refractivity contribution in [2.24, 2.45) is 0 Å². The highest BCUT2D eigenvalue weighted by Gasteiger charge is 2.24. The molecule has 0 bridgehead atoms. The maximum atomic E-state index is 13.3. The van der Waals surface area contributed by atoms with Crippen LogP contribution >= 0.6 is 0 Å². The van der Waals surface area contributed by atoms with Crippen LogP contribution in [0.3, 0.4) is 0 Å². The summed E-state index contributed by atoms with van der Waals surface area (Å²) >= 11 is 0. The Morgan fingerprint density at radius 3 is 1.85 bits per heavy atom. The van der Waals surface area contributed by atoms with Crippen LogP contribution in [-0.4, -0.2) is 92.0 Å². The minimum atomic E-state index is -0.781. The Bertz CT molecular complexity index is 1590. The van der Waals surface area contributed by atoms with Crippen molar-refractivity contribution in [3.63, 3.8) is 0 Å². The summed E-state index contributed by atoms with van der Waals surface area (Å²) in [5, 5.41) is 11.6. The number of esters is 2. The third-order valence-corrected chi connectivity index (χ3v) is 7.50. The van der Waals surface area contributed by atoms with Crippen molar-refractivity contribution < 1.29 is 57.3 Å². The number of likely N-dealkylation sites (N-methyl/N-ethyl adjacent to an activating group) is 2. The number of nitrogens with zero attached hydrogens (tertiary/aromatic N) is 3. The average Bonchev–Trinajstić information content (AvgIpc) is 3.08. The number of amides is 2. The van der Waals surface area contributed by atoms with E-state index >= 15 is 0 Å². The predicted octanol–water partition coefficient (Wildman–Crippen LogP) is 6.49. The summed E-state index contributed by atoms with van der Waals surface area (Å²) in [6.07, 6.45) is -0.448. The van der Waals surface area contributed by atoms with E-state index in [2.05, 4.69) is 0 Å². The van der Waals surface area contributed by atoms with Gasteiger partial charge < -0.3 is 43.0 Å². The van der Waals surface area contributed by atoms with Gasteiger partial charge >= 0.3 is 24.1 Å². The molecule has 0 fully saturated rings. The minimum absolute atomic E-state index is 0.0358. The van der Waals surface area contributed by atoms with Gasteiger partial charge in [0.15, 0.2) is 11.5 Å². The lowest BCUT2D eigenvalue weighted by molar-refractivity contribution is -0.385. The lowest BCUT2D eigenvalue weighted by Crippen LogP contribution is -2.39. The highest BCUT2D eigenvalue weighted by Crippen LogP contribution is 2.35. The molecule has 0 aliphatic heterocycles. The monoisotopic (exact) mass is 747 g/mol. The maximum Gasteiger partial charge on any atom is 0.415 e. The van der Waals surface area contributed by atoms with E-state index in [0.29, 0.717) is 24.0 Å². The van der Waals surface area contributed by atoms with Gasteiger partial charge in [-0.15, -0.1) is 0 Å². The Hall–Kier alpha value is -5.12. The van der Waals surface area contributed by atoms with Gasteiger partial charge in [0.25, 0.3) is 5.69 Å². The van der Waals surface area contributed by atoms with E-state index in [4.69, 9.17) is 33.2 Å². The van der Waals surface area contributed by atoms with Gasteiger partial charge in [0.2, 0.25) is 0 Å². The zero-order valence-electron chi connectivity index (χ0n) is 32.4. The Kier molecular flexibility index (Phi) is 17.3. The lowest BCUT2D eigenvalue weighted by Gasteiger charge is -2.23. The summed E-state index contributed by atoms with van der Waals surface area (Å²) in [5.41, 5.74) is 1.09. The first-order valence-corrected chi connectivity index (χ1v) is 17.2. The van der Waals surface area contributed by atoms with Gasteiger partial charge in [0, 0.05) is 51.2 Å². The molecule has 0 aromatic heterocycles. The second-order valence-corrected chi connectivity index (χ2v) is 13.6. The van der Waals surface area contributed by atoms with Crippen LogP contribution in [0.4, 0.5) is 15.3 Å². The zero-order chi connectivity index (χ0) is 39.9. The van der Waals surface area contributed by atoms with Crippen molar-refractivity contribution in [2.45, 2.75) is 98.8 Å². The van der Waals surface area contributed by atoms with Crippen LogP contribution in [0.2, 0.25) is 0 Å². The van der Waals surface area contributed by atoms with E-state index in [9.17, 15) is 29.3 Å². The molecule has 0 radical (unpaired) electrons. The molecule has 2 aromatic carbocycles. The summed E-state index contributed by atoms with van der Waals surface area (Å²) < 4.78 is 38.1. The Morgan fingerprint density at radius 2 is 1.30 bits per heavy atom. The molecule has 0 heterocycles. The number of carbonyl (C=O) groups excluding carboxylic acids is 4. The number of hydrogen-bond donors (Lipinski definition) is 0. The number of unbranched alkanes of at least 4 members (excludes halogenated alkanes) is 1. The average molecular weight is 748 g/mol. The van der Waals surface area contributed by atoms with Crippen molar-refractivity contribution in [1.82, 2.24) is 9.80 Å². The summed E-state index contributed by atoms with van der Waals surface area (Å²) in [6.45, 7) is 10.6. The van der Waals surface area contributed by atoms with Gasteiger partial charge in [-0.05, 0) is 66.5 Å². The van der Waals surface area contributed by atoms with Crippen LogP contribution in [0.25, 0.3) is 0 Å². The van der Waals surface area contributed by atoms with Gasteiger partial charge in [-0.2, -0.15) is 0 Å². The van der Waals surface area contributed by atoms with Crippen molar-refractivity contribution in [1.29, 1.82) is 0 Å². The number of benzene rings is 2. The van der Waals surface area contributed by atoms with Crippen LogP contribution in [0, 0.1) is 17.0 Å². The van der Waals surface area contributed by atoms with Gasteiger partial charge in [-0.1, -0.05) is 11.6 Å². The zero-order valence-corrected chi connectivity index (χ0v) is 32.4. The van der Waals surface area contributed by atoms with Crippen LogP contribution in [0.1, 0.15) is 82.6 Å². The van der Waals surface area contributed by atoms with Gasteiger partial charge in [0.1, 0.15) is 24.6 Å². The molecule has 16 nitrogen and oxygen atoms in total. The van der Waals surface area contributed by atoms with Crippen LogP contribution in [0.15, 0.2) is 24.3 Å². The normalized spacial score (nSPS) is 11.1. The van der Waals surface area contributed by atoms with Crippen molar-refractivity contribution in [3.8, 4) is 17.2 Å². The first kappa shape index (κ1) is 44.0. The fourth-order valence-electron chi connectivity index (χ4n) is 4.79. The molecule has 0 atom stereocenters. The topological polar surface area (TPSA) is 183 Å². The number of carbonyl (C=O) groups is 4. The third kappa shape index (κ3) is 15.2. The summed E-state index contributed by atoms with van der Waals surface area (Å²) in [5.74, 6) is -0.220. The molecule has 2 aromatic rings. The van der Waals surface area contributed by atoms with Crippen LogP contribution < -0.4 is 14.2 Å². The molecule has 0 saturated carbocycles. The molecule has 53 heavy (non-hydrogen) atoms. The second-order valence-electron chi connectivity index (χ2n) is 13.6. The lowest BCUT2D eigenvalue weighted by atomic mass is 10.1. The largest absolute Gasteiger partial charge is 0.493 e. The number of methoxy groups -OCH3 is 2. The molecular weight excluding hydrogens is 694 g/mol. The van der Waals surface area contributed by atoms with Crippen LogP contribution in [0.5, 0.6) is 17.2 Å². The van der Waals surface area contributed by atoms with Crippen molar-refractivity contribution in [2.75, 3.05) is 41.4 Å². The third-order valence-electron chi connectivity index (χ3n) is 7.50. The highest BCUT2D eigenvalue weighted by molar-refractivity contribution is 5.73. The molecule has 2 rings (SSSR count). The van der Waals surface area contributed by atoms with Crippen molar-refractivity contribution in [3.05, 3.63) is 56.6 Å². The molecule has 0 spiro atoms. The van der Waals surface area contributed by atoms with Gasteiger partial charge in [-0.3, -0.25) is 19.7 Å². The Labute approximate surface area is 310 Å². The van der Waals surface area contributed by atoms with E-state index < -0.39 is 35.3 Å². The quantitative estimate of drug-likeness (QED) is 0.0500. The first-order chi connectivity index (χ1) is 24.8. The van der Waals surface area contributed by atoms with E-state index in [0.717, 1.165) is 5.56 Å². The summed E-state index contributed by atoms with van der Waals surface area (Å²) in [4.78, 5) is 64.0. The molecular formula is C37H53N3O13. The molecule has 0 aliphatic rings. The number of ether oxygens (including phenoxy) is 7. The van der Waals surface area contributed by atoms with E-state index in [1.165, 1.54) is 50.2 Å². The Balaban J connectivity index is 2.05. The fraction of sp³-hybridized carbons (Fsp3) is 0.568. The first-order valence-electron chi connectivity index (χ1n) is 17.2. The highest BCUT2D eigenvalue weighted by atomic mass is 16.6. The summed E-state index contributed by atoms with van der Waals surface area (Å²) in [7, 11) is 5.67. The molecule has 294 valence electrons. The van der Waals surface area contributed by atoms with Gasteiger partial charge in [-0.25, -0.2) is 9.59 Å². The van der Waals surface area contributed by atoms with Crippen molar-refractivity contribution >= 4 is 29.8 Å². The molecule has 0 unspecified atom stereocenters. The second kappa shape index (κ2) is 20.8. The van der Waals surface area contributed by atoms with Gasteiger partial charge in [0.05, 0.1) is 43.5 Å². The van der Waals surface area contributed by atoms with E-state index in [1.807, 2.05) is 26.8 Å². The van der Waals surface area contributed by atoms with E-state index in [1.54, 1.807) is 26.8 Å². The number of aryl methyl sites for hydroxylation is 1. The number of rotatable bonds is 19. The van der Waals surface area contributed by atoms with Crippen LogP contribution in [-0.2, 0) is 48.4 Å². The molecule has 0 N–H and O–H groups in total. The molecule has 16 heteroatoms. The standard InChI is InChI=1S/C37H53N3O13/c1-24(2)49-22-27-17-25(3)18-28(23-50-32(41)13-11-12-14-33(42)53-37(4,5)6)34(27)52-36(44)39(8)16-15-38(7)35(43)51-21-26-19-30(47-9)31(48-10)20-29(26)40(45)46/h17-20,24H,11-16,21-23H2,1-10H3. The smallest absolute Gasteiger partial charge is 0.415 e. The fourth-order valence-corrected chi connectivity index (χ4v) is 4.79. The SMILES string of the molecule is COc1cc(COC(=O)N(C)CCN(C)C(=O)Oc2c(COC(=O)CCCCC(=O)OC(C)(C)C)cc(C)cc2COC(C)C)c([N+](=O)[O-])cc1OC. The molecule has 0 aliphatic carbocycles. The molecule has 2 amide bonds. The predicted molar refractivity (Wildman–Crippen MR) is 193 cm³/mol. The molecule has 0 saturated heterocycles. The maximum absolute atomic E-state index is 13.3. The minimum Gasteiger partial charge on any atom is -0.493 e. The Morgan fingerprint density at radius 1 is 0.774 bits per heavy atom. The number of hydrogen-bond acceptors (Lipinski definition) is 13. The summed E-state index contributed by atoms with van der Waals surface area (Å²) in [6, 6.07) is 6.13. The number of nitro groups is 1. The number of nitro benzene ring substituents is 1. The van der Waals surface area contributed by atoms with E-state index in [-0.39, 0.29) is 79.7 Å².